The topological polar surface area (TPSA) is 83.6 Å². The molecule has 17 heavy (non-hydrogen) atoms. The highest BCUT2D eigenvalue weighted by Crippen LogP contribution is 2.35. The van der Waals surface area contributed by atoms with E-state index in [9.17, 15) is 4.57 Å². The molecule has 0 saturated heterocycles. The summed E-state index contributed by atoms with van der Waals surface area (Å²) in [4.78, 5) is 18.6. The molecule has 0 aliphatic heterocycles. The van der Waals surface area contributed by atoms with Crippen molar-refractivity contribution in [3.63, 3.8) is 0 Å². The van der Waals surface area contributed by atoms with Crippen molar-refractivity contribution in [2.24, 2.45) is 5.73 Å². The molecular formula is C11H18NO3PS. The van der Waals surface area contributed by atoms with Gasteiger partial charge in [-0.2, -0.15) is 0 Å². The quantitative estimate of drug-likeness (QED) is 0.402. The normalized spacial score (nSPS) is 11.7. The van der Waals surface area contributed by atoms with Gasteiger partial charge in [-0.3, -0.25) is 4.57 Å². The maximum absolute atomic E-state index is 10.7. The van der Waals surface area contributed by atoms with Crippen molar-refractivity contribution in [2.45, 2.75) is 17.7 Å². The molecule has 1 rings (SSSR count). The molecule has 6 heteroatoms. The SMILES string of the molecule is NCCc1cccc(SCCCP(=O)(O)O)c1. The van der Waals surface area contributed by atoms with Crippen molar-refractivity contribution in [2.75, 3.05) is 18.5 Å². The summed E-state index contributed by atoms with van der Waals surface area (Å²) in [7, 11) is -3.84. The van der Waals surface area contributed by atoms with Gasteiger partial charge in [-0.05, 0) is 42.8 Å². The van der Waals surface area contributed by atoms with E-state index in [2.05, 4.69) is 6.07 Å². The van der Waals surface area contributed by atoms with Gasteiger partial charge in [-0.15, -0.1) is 11.8 Å². The molecule has 0 unspecified atom stereocenters. The second kappa shape index (κ2) is 7.19. The fourth-order valence-electron chi connectivity index (χ4n) is 1.42. The highest BCUT2D eigenvalue weighted by atomic mass is 32.2. The highest BCUT2D eigenvalue weighted by molar-refractivity contribution is 7.99. The summed E-state index contributed by atoms with van der Waals surface area (Å²) in [6, 6.07) is 8.10. The number of hydrogen-bond donors (Lipinski definition) is 3. The minimum absolute atomic E-state index is 0.0392. The summed E-state index contributed by atoms with van der Waals surface area (Å²) in [6.07, 6.45) is 1.34. The van der Waals surface area contributed by atoms with E-state index in [-0.39, 0.29) is 6.16 Å². The lowest BCUT2D eigenvalue weighted by molar-refractivity contribution is 0.372. The van der Waals surface area contributed by atoms with Crippen LogP contribution in [0.2, 0.25) is 0 Å². The zero-order chi connectivity index (χ0) is 12.7. The average Bonchev–Trinajstić information content (AvgIpc) is 2.24. The van der Waals surface area contributed by atoms with E-state index < -0.39 is 7.60 Å². The van der Waals surface area contributed by atoms with Crippen LogP contribution in [0.5, 0.6) is 0 Å². The average molecular weight is 275 g/mol. The third-order valence-electron chi connectivity index (χ3n) is 2.19. The molecule has 96 valence electrons. The van der Waals surface area contributed by atoms with Crippen LogP contribution in [0.3, 0.4) is 0 Å². The largest absolute Gasteiger partial charge is 0.330 e. The molecule has 0 aromatic heterocycles. The van der Waals surface area contributed by atoms with E-state index >= 15 is 0 Å². The van der Waals surface area contributed by atoms with Crippen molar-refractivity contribution in [1.82, 2.24) is 0 Å². The van der Waals surface area contributed by atoms with Gasteiger partial charge in [0.15, 0.2) is 0 Å². The van der Waals surface area contributed by atoms with Crippen LogP contribution in [0.15, 0.2) is 29.2 Å². The summed E-state index contributed by atoms with van der Waals surface area (Å²) in [5.74, 6) is 0.719. The van der Waals surface area contributed by atoms with E-state index in [1.807, 2.05) is 18.2 Å². The highest BCUT2D eigenvalue weighted by Gasteiger charge is 2.11. The number of thioether (sulfide) groups is 1. The first-order chi connectivity index (χ1) is 8.01. The zero-order valence-corrected chi connectivity index (χ0v) is 11.3. The third-order valence-corrected chi connectivity index (χ3v) is 4.17. The summed E-state index contributed by atoms with van der Waals surface area (Å²) >= 11 is 1.62. The Balaban J connectivity index is 2.36. The van der Waals surface area contributed by atoms with Crippen molar-refractivity contribution >= 4 is 19.4 Å². The second-order valence-electron chi connectivity index (χ2n) is 3.78. The van der Waals surface area contributed by atoms with Gasteiger partial charge in [-0.25, -0.2) is 0 Å². The lowest BCUT2D eigenvalue weighted by Crippen LogP contribution is -2.02. The Kier molecular flexibility index (Phi) is 6.23. The molecule has 4 nitrogen and oxygen atoms in total. The molecule has 1 aromatic carbocycles. The lowest BCUT2D eigenvalue weighted by atomic mass is 10.2. The van der Waals surface area contributed by atoms with Crippen LogP contribution < -0.4 is 5.73 Å². The van der Waals surface area contributed by atoms with Crippen LogP contribution in [0.1, 0.15) is 12.0 Å². The summed E-state index contributed by atoms with van der Waals surface area (Å²) < 4.78 is 10.7. The Morgan fingerprint density at radius 2 is 2.12 bits per heavy atom. The van der Waals surface area contributed by atoms with Gasteiger partial charge in [0.05, 0.1) is 6.16 Å². The predicted octanol–water partition coefficient (Wildman–Crippen LogP) is 1.85. The monoisotopic (exact) mass is 275 g/mol. The summed E-state index contributed by atoms with van der Waals surface area (Å²) in [5, 5.41) is 0. The fourth-order valence-corrected chi connectivity index (χ4v) is 3.14. The van der Waals surface area contributed by atoms with E-state index in [1.54, 1.807) is 11.8 Å². The lowest BCUT2D eigenvalue weighted by Gasteiger charge is -2.05. The van der Waals surface area contributed by atoms with Crippen molar-refractivity contribution in [1.29, 1.82) is 0 Å². The summed E-state index contributed by atoms with van der Waals surface area (Å²) in [6.45, 7) is 0.631. The third kappa shape index (κ3) is 6.86. The van der Waals surface area contributed by atoms with Gasteiger partial charge in [0, 0.05) is 4.90 Å². The molecule has 0 radical (unpaired) electrons. The van der Waals surface area contributed by atoms with Crippen LogP contribution in [0.25, 0.3) is 0 Å². The van der Waals surface area contributed by atoms with Crippen molar-refractivity contribution < 1.29 is 14.4 Å². The van der Waals surface area contributed by atoms with E-state index in [4.69, 9.17) is 15.5 Å². The van der Waals surface area contributed by atoms with Crippen LogP contribution in [0.4, 0.5) is 0 Å². The molecule has 1 aromatic rings. The summed E-state index contributed by atoms with van der Waals surface area (Å²) in [5.41, 5.74) is 6.69. The molecule has 0 atom stereocenters. The Bertz CT molecular complexity index is 394. The first kappa shape index (κ1) is 14.7. The van der Waals surface area contributed by atoms with Gasteiger partial charge in [-0.1, -0.05) is 12.1 Å². The van der Waals surface area contributed by atoms with Gasteiger partial charge in [0.1, 0.15) is 0 Å². The number of nitrogens with two attached hydrogens (primary N) is 1. The fraction of sp³-hybridized carbons (Fsp3) is 0.455. The first-order valence-electron chi connectivity index (χ1n) is 5.47. The standard InChI is InChI=1S/C11H18NO3PS/c12-6-5-10-3-1-4-11(9-10)17-8-2-7-16(13,14)15/h1,3-4,9H,2,5-8,12H2,(H2,13,14,15). The van der Waals surface area contributed by atoms with Crippen LogP contribution in [0, 0.1) is 0 Å². The molecule has 4 N–H and O–H groups in total. The van der Waals surface area contributed by atoms with Gasteiger partial charge in [0.25, 0.3) is 0 Å². The maximum Gasteiger partial charge on any atom is 0.325 e. The number of benzene rings is 1. The van der Waals surface area contributed by atoms with E-state index in [0.717, 1.165) is 17.1 Å². The van der Waals surface area contributed by atoms with Crippen molar-refractivity contribution in [3.05, 3.63) is 29.8 Å². The molecule has 0 saturated carbocycles. The molecule has 0 aliphatic carbocycles. The molecular weight excluding hydrogens is 257 g/mol. The Hall–Kier alpha value is -0.320. The van der Waals surface area contributed by atoms with Gasteiger partial charge in [0.2, 0.25) is 0 Å². The number of hydrogen-bond acceptors (Lipinski definition) is 3. The van der Waals surface area contributed by atoms with Crippen LogP contribution in [-0.2, 0) is 11.0 Å². The maximum atomic E-state index is 10.7. The van der Waals surface area contributed by atoms with Crippen molar-refractivity contribution in [3.8, 4) is 0 Å². The molecule has 0 bridgehead atoms. The molecule has 0 amide bonds. The minimum atomic E-state index is -3.84. The van der Waals surface area contributed by atoms with E-state index in [0.29, 0.717) is 13.0 Å². The first-order valence-corrected chi connectivity index (χ1v) is 8.26. The molecule has 0 aliphatic rings. The van der Waals surface area contributed by atoms with Gasteiger partial charge >= 0.3 is 7.60 Å². The van der Waals surface area contributed by atoms with Gasteiger partial charge < -0.3 is 15.5 Å². The predicted molar refractivity (Wildman–Crippen MR) is 71.5 cm³/mol. The smallest absolute Gasteiger partial charge is 0.325 e. The second-order valence-corrected chi connectivity index (χ2v) is 6.72. The van der Waals surface area contributed by atoms with Crippen LogP contribution in [-0.4, -0.2) is 28.2 Å². The Labute approximate surface area is 106 Å². The Morgan fingerprint density at radius 1 is 1.35 bits per heavy atom. The molecule has 0 fully saturated rings. The Morgan fingerprint density at radius 3 is 2.76 bits per heavy atom. The minimum Gasteiger partial charge on any atom is -0.330 e. The number of rotatable bonds is 7. The molecule has 0 spiro atoms. The van der Waals surface area contributed by atoms with E-state index in [1.165, 1.54) is 5.56 Å². The van der Waals surface area contributed by atoms with Crippen LogP contribution >= 0.6 is 19.4 Å². The zero-order valence-electron chi connectivity index (χ0n) is 9.58. The molecule has 0 heterocycles.